The Morgan fingerprint density at radius 3 is 1.83 bits per heavy atom. The number of hydrogen-bond donors (Lipinski definition) is 4. The summed E-state index contributed by atoms with van der Waals surface area (Å²) in [5.41, 5.74) is 0. The number of aliphatic hydroxyl groups excluding tert-OH is 2. The number of carboxylic acid groups (broad SMARTS) is 2. The largest absolute Gasteiger partial charge is 0.481 e. The molecule has 0 aromatic rings. The summed E-state index contributed by atoms with van der Waals surface area (Å²) in [6, 6.07) is 0. The molecule has 0 aliphatic heterocycles. The summed E-state index contributed by atoms with van der Waals surface area (Å²) in [7, 11) is 0. The van der Waals surface area contributed by atoms with Gasteiger partial charge in [-0.25, -0.2) is 0 Å². The van der Waals surface area contributed by atoms with Crippen molar-refractivity contribution in [2.45, 2.75) is 12.5 Å². The Morgan fingerprint density at radius 2 is 1.58 bits per heavy atom. The molecule has 6 heteroatoms. The molecule has 0 aliphatic carbocycles. The fourth-order valence-corrected chi connectivity index (χ4v) is 0.734. The van der Waals surface area contributed by atoms with Crippen molar-refractivity contribution in [1.29, 1.82) is 0 Å². The van der Waals surface area contributed by atoms with Gasteiger partial charge in [0.2, 0.25) is 0 Å². The molecule has 0 heterocycles. The minimum atomic E-state index is -1.86. The highest BCUT2D eigenvalue weighted by Gasteiger charge is 2.33. The average molecular weight is 178 g/mol. The maximum atomic E-state index is 10.2. The third kappa shape index (κ3) is 2.85. The monoisotopic (exact) mass is 178 g/mol. The van der Waals surface area contributed by atoms with Crippen molar-refractivity contribution in [2.75, 3.05) is 6.61 Å². The van der Waals surface area contributed by atoms with Crippen LogP contribution in [0.1, 0.15) is 6.42 Å². The Labute approximate surface area is 68.1 Å². The molecular weight excluding hydrogens is 168 g/mol. The van der Waals surface area contributed by atoms with E-state index < -0.39 is 30.6 Å². The number of carbonyl (C=O) groups is 2. The molecule has 0 radical (unpaired) electrons. The Balaban J connectivity index is 4.29. The van der Waals surface area contributed by atoms with Crippen LogP contribution in [0.2, 0.25) is 0 Å². The molecule has 0 amide bonds. The zero-order valence-corrected chi connectivity index (χ0v) is 6.17. The molecule has 70 valence electrons. The fraction of sp³-hybridized carbons (Fsp3) is 0.667. The molecule has 0 saturated carbocycles. The van der Waals surface area contributed by atoms with Crippen molar-refractivity contribution in [3.63, 3.8) is 0 Å². The standard InChI is InChI=1S/C6H10O6/c7-2-1-3(8)4(5(9)10)6(11)12/h3-4,7-8H,1-2H2,(H,9,10)(H,11,12). The molecule has 0 bridgehead atoms. The van der Waals surface area contributed by atoms with Gasteiger partial charge < -0.3 is 20.4 Å². The van der Waals surface area contributed by atoms with Gasteiger partial charge in [0.05, 0.1) is 6.10 Å². The first-order chi connectivity index (χ1) is 5.50. The first kappa shape index (κ1) is 10.9. The van der Waals surface area contributed by atoms with Crippen LogP contribution in [0.5, 0.6) is 0 Å². The zero-order chi connectivity index (χ0) is 9.72. The molecule has 0 aromatic carbocycles. The lowest BCUT2D eigenvalue weighted by Crippen LogP contribution is -2.35. The first-order valence-electron chi connectivity index (χ1n) is 3.25. The Kier molecular flexibility index (Phi) is 4.24. The fourth-order valence-electron chi connectivity index (χ4n) is 0.734. The molecule has 0 fully saturated rings. The number of aliphatic hydroxyl groups is 2. The number of hydrogen-bond acceptors (Lipinski definition) is 4. The maximum absolute atomic E-state index is 10.2. The van der Waals surface area contributed by atoms with Gasteiger partial charge in [0, 0.05) is 6.61 Å². The van der Waals surface area contributed by atoms with Gasteiger partial charge >= 0.3 is 11.9 Å². The van der Waals surface area contributed by atoms with Gasteiger partial charge in [-0.15, -0.1) is 0 Å². The van der Waals surface area contributed by atoms with Crippen molar-refractivity contribution in [3.05, 3.63) is 0 Å². The molecule has 12 heavy (non-hydrogen) atoms. The van der Waals surface area contributed by atoms with Gasteiger partial charge in [-0.05, 0) is 6.42 Å². The van der Waals surface area contributed by atoms with Gasteiger partial charge in [0.25, 0.3) is 0 Å². The smallest absolute Gasteiger partial charge is 0.320 e. The highest BCUT2D eigenvalue weighted by Crippen LogP contribution is 2.07. The van der Waals surface area contributed by atoms with Crippen LogP contribution < -0.4 is 0 Å². The molecular formula is C6H10O6. The second-order valence-corrected chi connectivity index (χ2v) is 2.23. The van der Waals surface area contributed by atoms with E-state index in [0.717, 1.165) is 0 Å². The number of carboxylic acids is 2. The van der Waals surface area contributed by atoms with Crippen LogP contribution in [-0.4, -0.2) is 45.1 Å². The summed E-state index contributed by atoms with van der Waals surface area (Å²) in [4.78, 5) is 20.5. The van der Waals surface area contributed by atoms with Crippen molar-refractivity contribution in [2.24, 2.45) is 5.92 Å². The van der Waals surface area contributed by atoms with Crippen molar-refractivity contribution >= 4 is 11.9 Å². The van der Waals surface area contributed by atoms with Gasteiger partial charge in [-0.2, -0.15) is 0 Å². The lowest BCUT2D eigenvalue weighted by molar-refractivity contribution is -0.160. The van der Waals surface area contributed by atoms with Crippen LogP contribution in [0.15, 0.2) is 0 Å². The van der Waals surface area contributed by atoms with E-state index in [1.54, 1.807) is 0 Å². The van der Waals surface area contributed by atoms with Gasteiger partial charge in [-0.3, -0.25) is 9.59 Å². The van der Waals surface area contributed by atoms with Gasteiger partial charge in [0.15, 0.2) is 5.92 Å². The predicted molar refractivity (Wildman–Crippen MR) is 36.5 cm³/mol. The minimum absolute atomic E-state index is 0.261. The van der Waals surface area contributed by atoms with E-state index in [-0.39, 0.29) is 6.42 Å². The second kappa shape index (κ2) is 4.68. The lowest BCUT2D eigenvalue weighted by atomic mass is 10.0. The molecule has 0 aromatic heterocycles. The summed E-state index contributed by atoms with van der Waals surface area (Å²) < 4.78 is 0. The third-order valence-corrected chi connectivity index (χ3v) is 1.34. The summed E-state index contributed by atoms with van der Waals surface area (Å²) >= 11 is 0. The summed E-state index contributed by atoms with van der Waals surface area (Å²) in [6.07, 6.45) is -1.81. The molecule has 0 aliphatic rings. The van der Waals surface area contributed by atoms with E-state index in [9.17, 15) is 9.59 Å². The van der Waals surface area contributed by atoms with Crippen LogP contribution >= 0.6 is 0 Å². The van der Waals surface area contributed by atoms with Crippen LogP contribution in [0, 0.1) is 5.92 Å². The van der Waals surface area contributed by atoms with Gasteiger partial charge in [0.1, 0.15) is 0 Å². The van der Waals surface area contributed by atoms with E-state index in [1.165, 1.54) is 0 Å². The SMILES string of the molecule is O=C(O)C(C(=O)O)C(O)CCO. The lowest BCUT2D eigenvalue weighted by Gasteiger charge is -2.13. The van der Waals surface area contributed by atoms with Crippen LogP contribution in [0.25, 0.3) is 0 Å². The number of aliphatic carboxylic acids is 2. The minimum Gasteiger partial charge on any atom is -0.481 e. The second-order valence-electron chi connectivity index (χ2n) is 2.23. The van der Waals surface area contributed by atoms with E-state index in [4.69, 9.17) is 20.4 Å². The van der Waals surface area contributed by atoms with Crippen molar-refractivity contribution in [1.82, 2.24) is 0 Å². The molecule has 0 rings (SSSR count). The molecule has 0 spiro atoms. The van der Waals surface area contributed by atoms with Gasteiger partial charge in [-0.1, -0.05) is 0 Å². The number of rotatable bonds is 5. The molecule has 6 nitrogen and oxygen atoms in total. The van der Waals surface area contributed by atoms with E-state index in [1.807, 2.05) is 0 Å². The Morgan fingerprint density at radius 1 is 1.17 bits per heavy atom. The van der Waals surface area contributed by atoms with Crippen LogP contribution in [-0.2, 0) is 9.59 Å². The normalized spacial score (nSPS) is 12.9. The third-order valence-electron chi connectivity index (χ3n) is 1.34. The highest BCUT2D eigenvalue weighted by molar-refractivity contribution is 5.93. The van der Waals surface area contributed by atoms with Crippen LogP contribution in [0.4, 0.5) is 0 Å². The van der Waals surface area contributed by atoms with Crippen LogP contribution in [0.3, 0.4) is 0 Å². The molecule has 4 N–H and O–H groups in total. The molecule has 0 saturated heterocycles. The molecule has 1 unspecified atom stereocenters. The summed E-state index contributed by atoms with van der Waals surface area (Å²) in [5, 5.41) is 33.9. The highest BCUT2D eigenvalue weighted by atomic mass is 16.4. The Hall–Kier alpha value is -1.14. The zero-order valence-electron chi connectivity index (χ0n) is 6.17. The topological polar surface area (TPSA) is 115 Å². The summed E-state index contributed by atoms with van der Waals surface area (Å²) in [5.74, 6) is -5.08. The summed E-state index contributed by atoms with van der Waals surface area (Å²) in [6.45, 7) is -0.446. The predicted octanol–water partition coefficient (Wildman–Crippen LogP) is -1.48. The van der Waals surface area contributed by atoms with E-state index in [2.05, 4.69) is 0 Å². The maximum Gasteiger partial charge on any atom is 0.320 e. The van der Waals surface area contributed by atoms with Crippen molar-refractivity contribution in [3.8, 4) is 0 Å². The Bertz CT molecular complexity index is 163. The average Bonchev–Trinajstić information content (AvgIpc) is 1.85. The van der Waals surface area contributed by atoms with E-state index in [0.29, 0.717) is 0 Å². The first-order valence-corrected chi connectivity index (χ1v) is 3.25. The molecule has 1 atom stereocenters. The quantitative estimate of drug-likeness (QED) is 0.381. The van der Waals surface area contributed by atoms with Crippen molar-refractivity contribution < 1.29 is 30.0 Å². The van der Waals surface area contributed by atoms with E-state index >= 15 is 0 Å².